The third-order valence-electron chi connectivity index (χ3n) is 6.24. The predicted octanol–water partition coefficient (Wildman–Crippen LogP) is 9.22. The van der Waals surface area contributed by atoms with Gasteiger partial charge in [-0.15, -0.1) is 0 Å². The molecular formula is C30H42F2O3. The Morgan fingerprint density at radius 2 is 1.26 bits per heavy atom. The summed E-state index contributed by atoms with van der Waals surface area (Å²) in [6.07, 6.45) is 15.9. The molecule has 0 heterocycles. The number of halogens is 2. The molecule has 0 N–H and O–H groups in total. The Labute approximate surface area is 210 Å². The molecule has 2 aromatic rings. The van der Waals surface area contributed by atoms with Gasteiger partial charge in [-0.3, -0.25) is 0 Å². The zero-order chi connectivity index (χ0) is 25.3. The molecule has 0 aromatic heterocycles. The summed E-state index contributed by atoms with van der Waals surface area (Å²) in [5.74, 6) is -2.52. The van der Waals surface area contributed by atoms with Gasteiger partial charge in [0.25, 0.3) is 0 Å². The van der Waals surface area contributed by atoms with Crippen LogP contribution in [0, 0.1) is 11.6 Å². The molecular weight excluding hydrogens is 446 g/mol. The fraction of sp³-hybridized carbons (Fsp3) is 0.567. The molecule has 0 fully saturated rings. The van der Waals surface area contributed by atoms with Crippen molar-refractivity contribution in [2.45, 2.75) is 104 Å². The molecule has 0 aliphatic carbocycles. The molecule has 194 valence electrons. The number of hydrogen-bond donors (Lipinski definition) is 0. The number of esters is 1. The molecule has 0 bridgehead atoms. The predicted molar refractivity (Wildman–Crippen MR) is 138 cm³/mol. The number of benzene rings is 2. The summed E-state index contributed by atoms with van der Waals surface area (Å²) in [5, 5.41) is 0. The van der Waals surface area contributed by atoms with Gasteiger partial charge in [0, 0.05) is 0 Å². The molecule has 0 saturated heterocycles. The van der Waals surface area contributed by atoms with E-state index in [9.17, 15) is 13.6 Å². The van der Waals surface area contributed by atoms with E-state index in [2.05, 4.69) is 13.8 Å². The van der Waals surface area contributed by atoms with E-state index in [4.69, 9.17) is 9.47 Å². The summed E-state index contributed by atoms with van der Waals surface area (Å²) in [6, 6.07) is 9.34. The lowest BCUT2D eigenvalue weighted by molar-refractivity contribution is 0.0726. The minimum Gasteiger partial charge on any atom is -0.494 e. The average molecular weight is 489 g/mol. The van der Waals surface area contributed by atoms with Crippen LogP contribution in [0.3, 0.4) is 0 Å². The molecule has 0 atom stereocenters. The first kappa shape index (κ1) is 28.8. The molecule has 0 amide bonds. The number of rotatable bonds is 18. The molecule has 0 saturated carbocycles. The topological polar surface area (TPSA) is 35.5 Å². The molecule has 3 nitrogen and oxygen atoms in total. The van der Waals surface area contributed by atoms with Crippen LogP contribution >= 0.6 is 0 Å². The van der Waals surface area contributed by atoms with Crippen LogP contribution < -0.4 is 9.47 Å². The van der Waals surface area contributed by atoms with Crippen molar-refractivity contribution in [3.8, 4) is 11.5 Å². The van der Waals surface area contributed by atoms with Gasteiger partial charge in [0.15, 0.2) is 11.6 Å². The second kappa shape index (κ2) is 17.1. The molecule has 2 aromatic carbocycles. The van der Waals surface area contributed by atoms with E-state index in [1.165, 1.54) is 63.5 Å². The molecule has 0 aliphatic rings. The Bertz CT molecular complexity index is 865. The monoisotopic (exact) mass is 488 g/mol. The average Bonchev–Trinajstić information content (AvgIpc) is 2.87. The van der Waals surface area contributed by atoms with E-state index in [1.54, 1.807) is 24.3 Å². The highest BCUT2D eigenvalue weighted by molar-refractivity contribution is 5.91. The van der Waals surface area contributed by atoms with E-state index >= 15 is 0 Å². The fourth-order valence-electron chi connectivity index (χ4n) is 4.03. The summed E-state index contributed by atoms with van der Waals surface area (Å²) in [6.45, 7) is 4.93. The summed E-state index contributed by atoms with van der Waals surface area (Å²) in [4.78, 5) is 12.4. The van der Waals surface area contributed by atoms with Crippen molar-refractivity contribution in [3.63, 3.8) is 0 Å². The first-order chi connectivity index (χ1) is 17.1. The number of aryl methyl sites for hydroxylation is 1. The van der Waals surface area contributed by atoms with E-state index in [1.807, 2.05) is 0 Å². The third kappa shape index (κ3) is 10.8. The summed E-state index contributed by atoms with van der Waals surface area (Å²) in [5.41, 5.74) is 0.558. The SMILES string of the molecule is CCCCCCCCCCCCOc1ccc(C(=O)Oc2ccc(CCCCC)c(F)c2F)cc1. The van der Waals surface area contributed by atoms with Gasteiger partial charge in [-0.25, -0.2) is 9.18 Å². The van der Waals surface area contributed by atoms with Crippen LogP contribution in [-0.2, 0) is 6.42 Å². The zero-order valence-corrected chi connectivity index (χ0v) is 21.6. The van der Waals surface area contributed by atoms with Crippen molar-refractivity contribution < 1.29 is 23.0 Å². The Kier molecular flexibility index (Phi) is 14.1. The second-order valence-corrected chi connectivity index (χ2v) is 9.25. The number of carbonyl (C=O) groups excluding carboxylic acids is 1. The quantitative estimate of drug-likeness (QED) is 0.119. The van der Waals surface area contributed by atoms with E-state index < -0.39 is 23.4 Å². The summed E-state index contributed by atoms with van der Waals surface area (Å²) >= 11 is 0. The number of ether oxygens (including phenoxy) is 2. The van der Waals surface area contributed by atoms with Crippen LogP contribution in [0.25, 0.3) is 0 Å². The maximum Gasteiger partial charge on any atom is 0.343 e. The maximum atomic E-state index is 14.4. The summed E-state index contributed by atoms with van der Waals surface area (Å²) < 4.78 is 39.5. The van der Waals surface area contributed by atoms with Gasteiger partial charge in [0.1, 0.15) is 5.75 Å². The van der Waals surface area contributed by atoms with E-state index in [0.717, 1.165) is 32.1 Å². The van der Waals surface area contributed by atoms with Crippen LogP contribution in [0.2, 0.25) is 0 Å². The standard InChI is InChI=1S/C30H42F2O3/c1-3-5-7-8-9-10-11-12-13-15-23-34-26-20-17-25(18-21-26)30(33)35-27-22-19-24(16-14-6-4-2)28(31)29(27)32/h17-22H,3-16,23H2,1-2H3. The van der Waals surface area contributed by atoms with Gasteiger partial charge in [0.2, 0.25) is 5.82 Å². The minimum atomic E-state index is -1.12. The highest BCUT2D eigenvalue weighted by atomic mass is 19.2. The van der Waals surface area contributed by atoms with E-state index in [-0.39, 0.29) is 5.56 Å². The van der Waals surface area contributed by atoms with Crippen molar-refractivity contribution in [1.82, 2.24) is 0 Å². The highest BCUT2D eigenvalue weighted by Gasteiger charge is 2.18. The Morgan fingerprint density at radius 3 is 1.89 bits per heavy atom. The third-order valence-corrected chi connectivity index (χ3v) is 6.24. The van der Waals surface area contributed by atoms with Gasteiger partial charge in [-0.05, 0) is 55.2 Å². The molecule has 0 aliphatic heterocycles. The molecule has 2 rings (SSSR count). The molecule has 5 heteroatoms. The summed E-state index contributed by atoms with van der Waals surface area (Å²) in [7, 11) is 0. The van der Waals surface area contributed by atoms with Crippen molar-refractivity contribution in [3.05, 3.63) is 59.2 Å². The van der Waals surface area contributed by atoms with Crippen LogP contribution in [0.1, 0.15) is 113 Å². The number of hydrogen-bond acceptors (Lipinski definition) is 3. The maximum absolute atomic E-state index is 14.4. The fourth-order valence-corrected chi connectivity index (χ4v) is 4.03. The van der Waals surface area contributed by atoms with Crippen molar-refractivity contribution in [2.24, 2.45) is 0 Å². The Balaban J connectivity index is 1.69. The lowest BCUT2D eigenvalue weighted by Crippen LogP contribution is -2.10. The lowest BCUT2D eigenvalue weighted by Gasteiger charge is -2.10. The molecule has 0 radical (unpaired) electrons. The van der Waals surface area contributed by atoms with Crippen LogP contribution in [-0.4, -0.2) is 12.6 Å². The Hall–Kier alpha value is -2.43. The van der Waals surface area contributed by atoms with Gasteiger partial charge < -0.3 is 9.47 Å². The van der Waals surface area contributed by atoms with Crippen molar-refractivity contribution >= 4 is 5.97 Å². The molecule has 35 heavy (non-hydrogen) atoms. The lowest BCUT2D eigenvalue weighted by atomic mass is 10.1. The van der Waals surface area contributed by atoms with Gasteiger partial charge >= 0.3 is 5.97 Å². The van der Waals surface area contributed by atoms with Gasteiger partial charge in [0.05, 0.1) is 12.2 Å². The number of unbranched alkanes of at least 4 members (excludes halogenated alkanes) is 11. The second-order valence-electron chi connectivity index (χ2n) is 9.25. The minimum absolute atomic E-state index is 0.253. The van der Waals surface area contributed by atoms with Crippen molar-refractivity contribution in [2.75, 3.05) is 6.61 Å². The van der Waals surface area contributed by atoms with Crippen LogP contribution in [0.15, 0.2) is 36.4 Å². The smallest absolute Gasteiger partial charge is 0.343 e. The number of carbonyl (C=O) groups is 1. The highest BCUT2D eigenvalue weighted by Crippen LogP contribution is 2.25. The van der Waals surface area contributed by atoms with Crippen LogP contribution in [0.5, 0.6) is 11.5 Å². The first-order valence-electron chi connectivity index (χ1n) is 13.5. The first-order valence-corrected chi connectivity index (χ1v) is 13.5. The van der Waals surface area contributed by atoms with Gasteiger partial charge in [-0.1, -0.05) is 90.5 Å². The van der Waals surface area contributed by atoms with Crippen LogP contribution in [0.4, 0.5) is 8.78 Å². The normalized spacial score (nSPS) is 11.0. The van der Waals surface area contributed by atoms with Gasteiger partial charge in [-0.2, -0.15) is 4.39 Å². The van der Waals surface area contributed by atoms with Crippen molar-refractivity contribution in [1.29, 1.82) is 0 Å². The van der Waals surface area contributed by atoms with E-state index in [0.29, 0.717) is 24.3 Å². The zero-order valence-electron chi connectivity index (χ0n) is 21.6. The molecule has 0 spiro atoms. The largest absolute Gasteiger partial charge is 0.494 e. The Morgan fingerprint density at radius 1 is 0.686 bits per heavy atom. The molecule has 0 unspecified atom stereocenters.